The third-order valence-corrected chi connectivity index (χ3v) is 4.12. The lowest BCUT2D eigenvalue weighted by Gasteiger charge is -2.26. The lowest BCUT2D eigenvalue weighted by molar-refractivity contribution is 0.0271. The highest BCUT2D eigenvalue weighted by Gasteiger charge is 2.25. The molecule has 4 nitrogen and oxygen atoms in total. The van der Waals surface area contributed by atoms with Gasteiger partial charge in [-0.3, -0.25) is 0 Å². The van der Waals surface area contributed by atoms with Crippen molar-refractivity contribution in [3.63, 3.8) is 0 Å². The summed E-state index contributed by atoms with van der Waals surface area (Å²) in [5, 5.41) is 3.36. The molecule has 0 saturated carbocycles. The van der Waals surface area contributed by atoms with Crippen molar-refractivity contribution in [3.05, 3.63) is 21.7 Å². The fourth-order valence-corrected chi connectivity index (χ4v) is 3.08. The molecule has 0 spiro atoms. The molecule has 1 aromatic carbocycles. The smallest absolute Gasteiger partial charge is 0.175 e. The largest absolute Gasteiger partial charge is 0.489 e. The molecule has 0 amide bonds. The van der Waals surface area contributed by atoms with E-state index in [-0.39, 0.29) is 6.10 Å². The van der Waals surface area contributed by atoms with Crippen molar-refractivity contribution in [1.29, 1.82) is 0 Å². The Labute approximate surface area is 121 Å². The Kier molecular flexibility index (Phi) is 3.96. The summed E-state index contributed by atoms with van der Waals surface area (Å²) in [4.78, 5) is 0. The molecule has 2 heterocycles. The molecule has 1 aromatic rings. The second-order valence-corrected chi connectivity index (χ2v) is 5.70. The van der Waals surface area contributed by atoms with Crippen LogP contribution in [-0.2, 0) is 4.74 Å². The minimum atomic E-state index is 0.0854. The van der Waals surface area contributed by atoms with E-state index in [1.54, 1.807) is 0 Å². The maximum atomic E-state index is 5.86. The fourth-order valence-electron chi connectivity index (χ4n) is 2.54. The van der Waals surface area contributed by atoms with Crippen LogP contribution in [0.25, 0.3) is 0 Å². The maximum Gasteiger partial charge on any atom is 0.175 e. The van der Waals surface area contributed by atoms with Crippen molar-refractivity contribution < 1.29 is 14.2 Å². The highest BCUT2D eigenvalue weighted by atomic mass is 79.9. The molecule has 3 rings (SSSR count). The predicted octanol–water partition coefficient (Wildman–Crippen LogP) is 2.58. The predicted molar refractivity (Wildman–Crippen MR) is 76.0 cm³/mol. The summed E-state index contributed by atoms with van der Waals surface area (Å²) in [6.07, 6.45) is 0.999. The van der Waals surface area contributed by atoms with Gasteiger partial charge < -0.3 is 19.5 Å². The number of morpholine rings is 1. The topological polar surface area (TPSA) is 39.7 Å². The van der Waals surface area contributed by atoms with Gasteiger partial charge in [0.15, 0.2) is 11.5 Å². The molecule has 0 aliphatic carbocycles. The minimum Gasteiger partial charge on any atom is -0.489 e. The quantitative estimate of drug-likeness (QED) is 0.860. The molecule has 1 fully saturated rings. The number of benzene rings is 1. The number of fused-ring (bicyclic) bond motifs is 1. The van der Waals surface area contributed by atoms with E-state index in [9.17, 15) is 0 Å². The third-order valence-electron chi connectivity index (χ3n) is 3.53. The molecule has 1 atom stereocenters. The van der Waals surface area contributed by atoms with E-state index in [1.165, 1.54) is 5.56 Å². The van der Waals surface area contributed by atoms with Crippen molar-refractivity contribution in [1.82, 2.24) is 5.32 Å². The Balaban J connectivity index is 2.01. The van der Waals surface area contributed by atoms with Gasteiger partial charge in [0.1, 0.15) is 0 Å². The molecule has 2 aliphatic rings. The van der Waals surface area contributed by atoms with Crippen LogP contribution in [0, 0.1) is 6.92 Å². The molecule has 1 N–H and O–H groups in total. The van der Waals surface area contributed by atoms with Gasteiger partial charge in [0.05, 0.1) is 30.4 Å². The number of halogens is 1. The Bertz CT molecular complexity index is 472. The molecule has 5 heteroatoms. The third kappa shape index (κ3) is 2.59. The monoisotopic (exact) mass is 327 g/mol. The van der Waals surface area contributed by atoms with Crippen LogP contribution in [0.15, 0.2) is 10.5 Å². The molecule has 0 aromatic heterocycles. The van der Waals surface area contributed by atoms with E-state index < -0.39 is 0 Å². The first-order chi connectivity index (χ1) is 9.27. The van der Waals surface area contributed by atoms with Gasteiger partial charge in [0.2, 0.25) is 0 Å². The first-order valence-electron chi connectivity index (χ1n) is 6.68. The van der Waals surface area contributed by atoms with Crippen LogP contribution in [0.4, 0.5) is 0 Å². The Morgan fingerprint density at radius 1 is 1.21 bits per heavy atom. The van der Waals surface area contributed by atoms with Crippen molar-refractivity contribution >= 4 is 15.9 Å². The van der Waals surface area contributed by atoms with Gasteiger partial charge in [-0.15, -0.1) is 0 Å². The van der Waals surface area contributed by atoms with E-state index in [1.807, 2.05) is 0 Å². The average Bonchev–Trinajstić information content (AvgIpc) is 2.70. The summed E-state index contributed by atoms with van der Waals surface area (Å²) < 4.78 is 18.4. The highest BCUT2D eigenvalue weighted by molar-refractivity contribution is 9.10. The van der Waals surface area contributed by atoms with E-state index in [0.29, 0.717) is 13.2 Å². The first-order valence-corrected chi connectivity index (χ1v) is 7.47. The maximum absolute atomic E-state index is 5.86. The molecule has 0 radical (unpaired) electrons. The number of ether oxygens (including phenoxy) is 3. The van der Waals surface area contributed by atoms with Crippen LogP contribution in [0.3, 0.4) is 0 Å². The molecular weight excluding hydrogens is 310 g/mol. The van der Waals surface area contributed by atoms with Gasteiger partial charge in [-0.05, 0) is 34.5 Å². The second-order valence-electron chi connectivity index (χ2n) is 4.84. The summed E-state index contributed by atoms with van der Waals surface area (Å²) in [5.74, 6) is 1.68. The average molecular weight is 328 g/mol. The summed E-state index contributed by atoms with van der Waals surface area (Å²) in [5.41, 5.74) is 2.29. The highest BCUT2D eigenvalue weighted by Crippen LogP contribution is 2.43. The van der Waals surface area contributed by atoms with Gasteiger partial charge in [-0.25, -0.2) is 0 Å². The number of nitrogens with one attached hydrogen (secondary N) is 1. The van der Waals surface area contributed by atoms with Gasteiger partial charge in [0.25, 0.3) is 0 Å². The van der Waals surface area contributed by atoms with Crippen LogP contribution < -0.4 is 14.8 Å². The van der Waals surface area contributed by atoms with E-state index in [0.717, 1.165) is 47.7 Å². The molecule has 1 saturated heterocycles. The number of rotatable bonds is 1. The number of hydrogen-bond donors (Lipinski definition) is 1. The number of hydrogen-bond acceptors (Lipinski definition) is 4. The summed E-state index contributed by atoms with van der Waals surface area (Å²) in [6, 6.07) is 2.10. The van der Waals surface area contributed by atoms with Gasteiger partial charge >= 0.3 is 0 Å². The summed E-state index contributed by atoms with van der Waals surface area (Å²) >= 11 is 3.59. The molecule has 19 heavy (non-hydrogen) atoms. The molecule has 1 unspecified atom stereocenters. The summed E-state index contributed by atoms with van der Waals surface area (Å²) in [7, 11) is 0. The zero-order chi connectivity index (χ0) is 13.2. The summed E-state index contributed by atoms with van der Waals surface area (Å²) in [6.45, 7) is 5.98. The zero-order valence-electron chi connectivity index (χ0n) is 11.0. The van der Waals surface area contributed by atoms with Crippen LogP contribution in [0.5, 0.6) is 11.5 Å². The van der Waals surface area contributed by atoms with E-state index in [4.69, 9.17) is 14.2 Å². The normalized spacial score (nSPS) is 22.9. The van der Waals surface area contributed by atoms with Crippen molar-refractivity contribution in [3.8, 4) is 11.5 Å². The standard InChI is InChI=1S/C14H18BrNO3/c1-9-10(12-8-16-3-6-17-12)7-11(15)14-13(9)18-4-2-5-19-14/h7,12,16H,2-6,8H2,1H3. The van der Waals surface area contributed by atoms with Crippen molar-refractivity contribution in [2.75, 3.05) is 32.9 Å². The second kappa shape index (κ2) is 5.69. The van der Waals surface area contributed by atoms with Crippen LogP contribution in [0.2, 0.25) is 0 Å². The SMILES string of the molecule is Cc1c(C2CNCCO2)cc(Br)c2c1OCCCO2. The van der Waals surface area contributed by atoms with Gasteiger partial charge in [-0.1, -0.05) is 0 Å². The van der Waals surface area contributed by atoms with E-state index >= 15 is 0 Å². The molecule has 104 valence electrons. The van der Waals surface area contributed by atoms with E-state index in [2.05, 4.69) is 34.2 Å². The Morgan fingerprint density at radius 3 is 2.74 bits per heavy atom. The Hall–Kier alpha value is -0.780. The van der Waals surface area contributed by atoms with Gasteiger partial charge in [-0.2, -0.15) is 0 Å². The first kappa shape index (κ1) is 13.2. The molecular formula is C14H18BrNO3. The molecule has 0 bridgehead atoms. The molecule has 2 aliphatic heterocycles. The van der Waals surface area contributed by atoms with Crippen molar-refractivity contribution in [2.24, 2.45) is 0 Å². The Morgan fingerprint density at radius 2 is 2.00 bits per heavy atom. The van der Waals surface area contributed by atoms with Crippen molar-refractivity contribution in [2.45, 2.75) is 19.4 Å². The lowest BCUT2D eigenvalue weighted by Crippen LogP contribution is -2.33. The van der Waals surface area contributed by atoms with Crippen LogP contribution in [-0.4, -0.2) is 32.9 Å². The van der Waals surface area contributed by atoms with Crippen LogP contribution >= 0.6 is 15.9 Å². The lowest BCUT2D eigenvalue weighted by atomic mass is 10.0. The fraction of sp³-hybridized carbons (Fsp3) is 0.571. The van der Waals surface area contributed by atoms with Gasteiger partial charge in [0, 0.05) is 25.1 Å². The zero-order valence-corrected chi connectivity index (χ0v) is 12.6. The minimum absolute atomic E-state index is 0.0854. The van der Waals surface area contributed by atoms with Crippen LogP contribution in [0.1, 0.15) is 23.7 Å².